The number of ketones is 1. The highest BCUT2D eigenvalue weighted by atomic mass is 16.2. The Bertz CT molecular complexity index is 1160. The van der Waals surface area contributed by atoms with Gasteiger partial charge in [0.15, 0.2) is 0 Å². The van der Waals surface area contributed by atoms with Crippen molar-refractivity contribution in [2.45, 2.75) is 57.9 Å². The van der Waals surface area contributed by atoms with Crippen LogP contribution in [0.25, 0.3) is 22.0 Å². The van der Waals surface area contributed by atoms with E-state index in [9.17, 15) is 9.59 Å². The Morgan fingerprint density at radius 1 is 1.03 bits per heavy atom. The first-order valence-corrected chi connectivity index (χ1v) is 12.9. The molecule has 4 rings (SSSR count). The van der Waals surface area contributed by atoms with Crippen molar-refractivity contribution in [1.82, 2.24) is 19.8 Å². The van der Waals surface area contributed by atoms with Crippen molar-refractivity contribution in [2.75, 3.05) is 20.1 Å². The van der Waals surface area contributed by atoms with Crippen LogP contribution in [0.2, 0.25) is 0 Å². The van der Waals surface area contributed by atoms with Crippen LogP contribution in [0.3, 0.4) is 0 Å². The van der Waals surface area contributed by atoms with Gasteiger partial charge < -0.3 is 19.6 Å². The number of likely N-dealkylation sites (tertiary alicyclic amines) is 1. The number of unbranched alkanes of at least 4 members (excludes halogenated alkanes) is 2. The number of benzene rings is 2. The highest BCUT2D eigenvalue weighted by Crippen LogP contribution is 2.28. The van der Waals surface area contributed by atoms with Gasteiger partial charge in [0.1, 0.15) is 11.6 Å². The predicted octanol–water partition coefficient (Wildman–Crippen LogP) is 5.28. The molecule has 1 fully saturated rings. The molecular weight excluding hydrogens is 436 g/mol. The summed E-state index contributed by atoms with van der Waals surface area (Å²) in [4.78, 5) is 31.8. The van der Waals surface area contributed by atoms with Gasteiger partial charge >= 0.3 is 0 Å². The largest absolute Gasteiger partial charge is 0.346 e. The number of aromatic nitrogens is 2. The summed E-state index contributed by atoms with van der Waals surface area (Å²) in [6.07, 6.45) is 8.12. The molecule has 0 saturated carbocycles. The number of imidazole rings is 1. The summed E-state index contributed by atoms with van der Waals surface area (Å²) in [6, 6.07) is 14.6. The van der Waals surface area contributed by atoms with Gasteiger partial charge in [-0.15, -0.1) is 0 Å². The van der Waals surface area contributed by atoms with Crippen LogP contribution in [0.15, 0.2) is 48.7 Å². The molecule has 6 nitrogen and oxygen atoms in total. The Balaban J connectivity index is 1.52. The van der Waals surface area contributed by atoms with Gasteiger partial charge in [-0.2, -0.15) is 0 Å². The zero-order valence-corrected chi connectivity index (χ0v) is 21.3. The van der Waals surface area contributed by atoms with E-state index in [0.717, 1.165) is 68.7 Å². The number of piperidine rings is 1. The van der Waals surface area contributed by atoms with E-state index in [1.807, 2.05) is 7.05 Å². The predicted molar refractivity (Wildman–Crippen MR) is 141 cm³/mol. The van der Waals surface area contributed by atoms with Crippen LogP contribution < -0.4 is 5.32 Å². The van der Waals surface area contributed by atoms with E-state index < -0.39 is 0 Å². The molecule has 6 heteroatoms. The smallest absolute Gasteiger partial charge is 0.223 e. The Kier molecular flexibility index (Phi) is 8.34. The third kappa shape index (κ3) is 6.57. The molecule has 1 N–H and O–H groups in total. The Morgan fingerprint density at radius 2 is 1.77 bits per heavy atom. The van der Waals surface area contributed by atoms with Gasteiger partial charge in [0.2, 0.25) is 5.91 Å². The average molecular weight is 475 g/mol. The zero-order valence-electron chi connectivity index (χ0n) is 21.3. The summed E-state index contributed by atoms with van der Waals surface area (Å²) in [5.74, 6) is 1.33. The van der Waals surface area contributed by atoms with E-state index in [1.165, 1.54) is 10.8 Å². The van der Waals surface area contributed by atoms with Crippen molar-refractivity contribution in [1.29, 1.82) is 0 Å². The first-order valence-electron chi connectivity index (χ1n) is 12.9. The van der Waals surface area contributed by atoms with Gasteiger partial charge in [-0.05, 0) is 69.6 Å². The highest BCUT2D eigenvalue weighted by Gasteiger charge is 2.27. The fraction of sp³-hybridized carbons (Fsp3) is 0.483. The number of rotatable bonds is 10. The van der Waals surface area contributed by atoms with E-state index in [0.29, 0.717) is 6.42 Å². The first kappa shape index (κ1) is 25.1. The molecule has 186 valence electrons. The molecule has 2 aromatic carbocycles. The van der Waals surface area contributed by atoms with Gasteiger partial charge in [-0.1, -0.05) is 49.2 Å². The Morgan fingerprint density at radius 3 is 2.51 bits per heavy atom. The number of carbonyl (C=O) groups excluding carboxylic acids is 2. The second kappa shape index (κ2) is 11.6. The third-order valence-corrected chi connectivity index (χ3v) is 7.20. The number of hydrogen-bond acceptors (Lipinski definition) is 4. The molecule has 0 spiro atoms. The van der Waals surface area contributed by atoms with Gasteiger partial charge in [0.25, 0.3) is 0 Å². The van der Waals surface area contributed by atoms with Crippen LogP contribution in [0.1, 0.15) is 63.7 Å². The lowest BCUT2D eigenvalue weighted by Gasteiger charge is -2.29. The monoisotopic (exact) mass is 474 g/mol. The normalized spacial score (nSPS) is 15.9. The second-order valence-corrected chi connectivity index (χ2v) is 10.1. The molecule has 1 aliphatic rings. The minimum Gasteiger partial charge on any atom is -0.346 e. The first-order chi connectivity index (χ1) is 16.9. The van der Waals surface area contributed by atoms with Crippen molar-refractivity contribution in [3.05, 3.63) is 54.5 Å². The van der Waals surface area contributed by atoms with Crippen molar-refractivity contribution in [2.24, 2.45) is 13.0 Å². The number of amides is 1. The fourth-order valence-electron chi connectivity index (χ4n) is 5.02. The highest BCUT2D eigenvalue weighted by molar-refractivity contribution is 5.86. The SMILES string of the molecule is CC(=O)CCCCC[C@H](NC(=O)C1CCN(C)CC1)c1nc(-c2ccc3ccccc3c2)cn1C. The molecule has 1 aliphatic heterocycles. The quantitative estimate of drug-likeness (QED) is 0.406. The summed E-state index contributed by atoms with van der Waals surface area (Å²) in [7, 11) is 4.12. The second-order valence-electron chi connectivity index (χ2n) is 10.1. The number of carbonyl (C=O) groups is 2. The number of Topliss-reactive ketones (excluding diaryl/α,β-unsaturated/α-hetero) is 1. The lowest BCUT2D eigenvalue weighted by molar-refractivity contribution is -0.127. The number of hydrogen-bond donors (Lipinski definition) is 1. The summed E-state index contributed by atoms with van der Waals surface area (Å²) < 4.78 is 2.06. The molecule has 0 bridgehead atoms. The van der Waals surface area contributed by atoms with Crippen LogP contribution >= 0.6 is 0 Å². The van der Waals surface area contributed by atoms with Gasteiger partial charge in [0, 0.05) is 31.1 Å². The minimum absolute atomic E-state index is 0.0617. The maximum atomic E-state index is 13.2. The topological polar surface area (TPSA) is 67.2 Å². The lowest BCUT2D eigenvalue weighted by atomic mass is 9.95. The van der Waals surface area contributed by atoms with Crippen molar-refractivity contribution >= 4 is 22.5 Å². The van der Waals surface area contributed by atoms with Crippen molar-refractivity contribution in [3.63, 3.8) is 0 Å². The van der Waals surface area contributed by atoms with E-state index in [4.69, 9.17) is 4.98 Å². The standard InChI is InChI=1S/C29H38N4O2/c1-21(34)9-5-4-6-12-26(31-29(35)23-15-17-32(2)18-16-23)28-30-27(20-33(28)3)25-14-13-22-10-7-8-11-24(22)19-25/h7-8,10-11,13-14,19-20,23,26H,4-6,9,12,15-18H2,1-3H3,(H,31,35)/t26-/m0/s1. The maximum Gasteiger partial charge on any atom is 0.223 e. The average Bonchev–Trinajstić information content (AvgIpc) is 3.24. The Labute approximate surface area is 208 Å². The summed E-state index contributed by atoms with van der Waals surface area (Å²) >= 11 is 0. The molecular formula is C29H38N4O2. The summed E-state index contributed by atoms with van der Waals surface area (Å²) in [5, 5.41) is 5.74. The summed E-state index contributed by atoms with van der Waals surface area (Å²) in [6.45, 7) is 3.57. The minimum atomic E-state index is -0.140. The molecule has 3 aromatic rings. The lowest BCUT2D eigenvalue weighted by Crippen LogP contribution is -2.40. The van der Waals surface area contributed by atoms with E-state index >= 15 is 0 Å². The third-order valence-electron chi connectivity index (χ3n) is 7.20. The van der Waals surface area contributed by atoms with Gasteiger partial charge in [-0.25, -0.2) is 4.98 Å². The molecule has 2 heterocycles. The fourth-order valence-corrected chi connectivity index (χ4v) is 5.02. The molecule has 1 amide bonds. The molecule has 1 saturated heterocycles. The molecule has 1 atom stereocenters. The van der Waals surface area contributed by atoms with Crippen LogP contribution in [-0.4, -0.2) is 46.3 Å². The van der Waals surface area contributed by atoms with E-state index in [-0.39, 0.29) is 23.7 Å². The zero-order chi connectivity index (χ0) is 24.8. The number of nitrogens with one attached hydrogen (secondary N) is 1. The molecule has 1 aromatic heterocycles. The van der Waals surface area contributed by atoms with E-state index in [1.54, 1.807) is 6.92 Å². The molecule has 0 aliphatic carbocycles. The maximum absolute atomic E-state index is 13.2. The summed E-state index contributed by atoms with van der Waals surface area (Å²) in [5.41, 5.74) is 2.00. The van der Waals surface area contributed by atoms with Gasteiger partial charge in [-0.3, -0.25) is 4.79 Å². The van der Waals surface area contributed by atoms with Crippen LogP contribution in [0, 0.1) is 5.92 Å². The van der Waals surface area contributed by atoms with E-state index in [2.05, 4.69) is 70.5 Å². The van der Waals surface area contributed by atoms with Gasteiger partial charge in [0.05, 0.1) is 11.7 Å². The number of fused-ring (bicyclic) bond motifs is 1. The van der Waals surface area contributed by atoms with Crippen molar-refractivity contribution in [3.8, 4) is 11.3 Å². The van der Waals surface area contributed by atoms with Crippen LogP contribution in [0.4, 0.5) is 0 Å². The molecule has 0 unspecified atom stereocenters. The molecule has 35 heavy (non-hydrogen) atoms. The van der Waals surface area contributed by atoms with Crippen LogP contribution in [-0.2, 0) is 16.6 Å². The van der Waals surface area contributed by atoms with Crippen LogP contribution in [0.5, 0.6) is 0 Å². The Hall–Kier alpha value is -2.99. The number of nitrogens with zero attached hydrogens (tertiary/aromatic N) is 3. The van der Waals surface area contributed by atoms with Crippen molar-refractivity contribution < 1.29 is 9.59 Å². The molecule has 0 radical (unpaired) electrons. The number of aryl methyl sites for hydroxylation is 1.